The van der Waals surface area contributed by atoms with E-state index in [0.717, 1.165) is 0 Å². The minimum Gasteiger partial charge on any atom is -0.480 e. The normalized spacial score (nSPS) is 12.3. The summed E-state index contributed by atoms with van der Waals surface area (Å²) in [6.07, 6.45) is 0.196. The SMILES string of the molecule is Cc1nnnn1[C@H](Cc1ccc(F)cc1)C(=O)O. The molecule has 1 heterocycles. The number of benzene rings is 1. The van der Waals surface area contributed by atoms with Crippen molar-refractivity contribution >= 4 is 5.97 Å². The molecular weight excluding hydrogens is 239 g/mol. The lowest BCUT2D eigenvalue weighted by atomic mass is 10.1. The first-order valence-corrected chi connectivity index (χ1v) is 5.29. The number of aromatic nitrogens is 4. The number of aryl methyl sites for hydroxylation is 1. The number of halogens is 1. The third-order valence-electron chi connectivity index (χ3n) is 2.58. The van der Waals surface area contributed by atoms with Crippen LogP contribution in [0, 0.1) is 12.7 Å². The van der Waals surface area contributed by atoms with E-state index in [1.807, 2.05) is 0 Å². The summed E-state index contributed by atoms with van der Waals surface area (Å²) < 4.78 is 14.0. The Morgan fingerprint density at radius 3 is 2.61 bits per heavy atom. The highest BCUT2D eigenvalue weighted by Crippen LogP contribution is 2.15. The van der Waals surface area contributed by atoms with Crippen LogP contribution in [0.15, 0.2) is 24.3 Å². The number of carbonyl (C=O) groups is 1. The fourth-order valence-corrected chi connectivity index (χ4v) is 1.65. The maximum absolute atomic E-state index is 12.8. The fourth-order valence-electron chi connectivity index (χ4n) is 1.65. The van der Waals surface area contributed by atoms with Crippen LogP contribution >= 0.6 is 0 Å². The lowest BCUT2D eigenvalue weighted by molar-refractivity contribution is -0.141. The van der Waals surface area contributed by atoms with Crippen LogP contribution in [0.2, 0.25) is 0 Å². The Hall–Kier alpha value is -2.31. The zero-order valence-corrected chi connectivity index (χ0v) is 9.62. The highest BCUT2D eigenvalue weighted by atomic mass is 19.1. The van der Waals surface area contributed by atoms with Crippen LogP contribution in [0.25, 0.3) is 0 Å². The Morgan fingerprint density at radius 1 is 1.44 bits per heavy atom. The number of aliphatic carboxylic acids is 1. The number of carboxylic acids is 1. The van der Waals surface area contributed by atoms with Gasteiger partial charge in [-0.15, -0.1) is 5.10 Å². The molecule has 0 unspecified atom stereocenters. The molecule has 94 valence electrons. The molecule has 0 saturated carbocycles. The summed E-state index contributed by atoms with van der Waals surface area (Å²) in [6.45, 7) is 1.63. The van der Waals surface area contributed by atoms with Gasteiger partial charge in [0.2, 0.25) is 0 Å². The van der Waals surface area contributed by atoms with Crippen molar-refractivity contribution in [3.05, 3.63) is 41.5 Å². The molecule has 0 saturated heterocycles. The minimum atomic E-state index is -1.03. The summed E-state index contributed by atoms with van der Waals surface area (Å²) in [5.74, 6) is -0.969. The van der Waals surface area contributed by atoms with Gasteiger partial charge in [-0.2, -0.15) is 0 Å². The molecule has 6 nitrogen and oxygen atoms in total. The van der Waals surface area contributed by atoms with Crippen molar-refractivity contribution in [1.29, 1.82) is 0 Å². The molecule has 7 heteroatoms. The van der Waals surface area contributed by atoms with Crippen LogP contribution in [0.1, 0.15) is 17.4 Å². The molecule has 0 fully saturated rings. The minimum absolute atomic E-state index is 0.196. The molecule has 0 amide bonds. The van der Waals surface area contributed by atoms with E-state index in [9.17, 15) is 14.3 Å². The molecule has 1 N–H and O–H groups in total. The van der Waals surface area contributed by atoms with Gasteiger partial charge in [0.1, 0.15) is 11.6 Å². The monoisotopic (exact) mass is 250 g/mol. The molecule has 2 aromatic rings. The van der Waals surface area contributed by atoms with Crippen LogP contribution in [0.3, 0.4) is 0 Å². The predicted octanol–water partition coefficient (Wildman–Crippen LogP) is 0.989. The van der Waals surface area contributed by atoms with Gasteiger partial charge in [0.05, 0.1) is 0 Å². The summed E-state index contributed by atoms with van der Waals surface area (Å²) in [4.78, 5) is 11.2. The highest BCUT2D eigenvalue weighted by molar-refractivity contribution is 5.72. The second kappa shape index (κ2) is 4.91. The molecule has 1 aromatic heterocycles. The van der Waals surface area contributed by atoms with E-state index in [-0.39, 0.29) is 12.2 Å². The second-order valence-electron chi connectivity index (χ2n) is 3.86. The molecular formula is C11H11FN4O2. The molecule has 0 spiro atoms. The number of tetrazole rings is 1. The van der Waals surface area contributed by atoms with E-state index in [1.165, 1.54) is 16.8 Å². The first kappa shape index (κ1) is 12.2. The molecule has 1 atom stereocenters. The number of hydrogen-bond donors (Lipinski definition) is 1. The Balaban J connectivity index is 2.25. The maximum atomic E-state index is 12.8. The maximum Gasteiger partial charge on any atom is 0.328 e. The van der Waals surface area contributed by atoms with Crippen molar-refractivity contribution in [2.45, 2.75) is 19.4 Å². The van der Waals surface area contributed by atoms with Crippen LogP contribution in [0.4, 0.5) is 4.39 Å². The number of carboxylic acid groups (broad SMARTS) is 1. The first-order valence-electron chi connectivity index (χ1n) is 5.29. The molecule has 0 bridgehead atoms. The highest BCUT2D eigenvalue weighted by Gasteiger charge is 2.23. The number of nitrogens with zero attached hydrogens (tertiary/aromatic N) is 4. The van der Waals surface area contributed by atoms with Crippen molar-refractivity contribution < 1.29 is 14.3 Å². The summed E-state index contributed by atoms with van der Waals surface area (Å²) >= 11 is 0. The van der Waals surface area contributed by atoms with Crippen molar-refractivity contribution in [3.63, 3.8) is 0 Å². The van der Waals surface area contributed by atoms with Crippen LogP contribution in [0.5, 0.6) is 0 Å². The lowest BCUT2D eigenvalue weighted by Crippen LogP contribution is -2.23. The van der Waals surface area contributed by atoms with E-state index in [1.54, 1.807) is 19.1 Å². The lowest BCUT2D eigenvalue weighted by Gasteiger charge is -2.12. The standard InChI is InChI=1S/C11H11FN4O2/c1-7-13-14-15-16(7)10(11(17)18)6-8-2-4-9(12)5-3-8/h2-5,10H,6H2,1H3,(H,17,18)/t10-/m1/s1. The van der Waals surface area contributed by atoms with Crippen molar-refractivity contribution in [2.24, 2.45) is 0 Å². The second-order valence-corrected chi connectivity index (χ2v) is 3.86. The Labute approximate surface area is 102 Å². The Kier molecular flexibility index (Phi) is 3.31. The topological polar surface area (TPSA) is 80.9 Å². The van der Waals surface area contributed by atoms with Gasteiger partial charge in [0, 0.05) is 6.42 Å². The molecule has 0 radical (unpaired) electrons. The van der Waals surface area contributed by atoms with Crippen LogP contribution in [-0.4, -0.2) is 31.3 Å². The average Bonchev–Trinajstić information content (AvgIpc) is 2.74. The van der Waals surface area contributed by atoms with Crippen molar-refractivity contribution in [1.82, 2.24) is 20.2 Å². The average molecular weight is 250 g/mol. The quantitative estimate of drug-likeness (QED) is 0.875. The third-order valence-corrected chi connectivity index (χ3v) is 2.58. The molecule has 0 aliphatic carbocycles. The number of hydrogen-bond acceptors (Lipinski definition) is 4. The third kappa shape index (κ3) is 2.50. The van der Waals surface area contributed by atoms with E-state index in [0.29, 0.717) is 11.4 Å². The van der Waals surface area contributed by atoms with E-state index < -0.39 is 12.0 Å². The molecule has 18 heavy (non-hydrogen) atoms. The largest absolute Gasteiger partial charge is 0.480 e. The van der Waals surface area contributed by atoms with Gasteiger partial charge >= 0.3 is 5.97 Å². The van der Waals surface area contributed by atoms with Gasteiger partial charge in [0.15, 0.2) is 6.04 Å². The first-order chi connectivity index (χ1) is 8.58. The van der Waals surface area contributed by atoms with Gasteiger partial charge in [0.25, 0.3) is 0 Å². The van der Waals surface area contributed by atoms with E-state index in [2.05, 4.69) is 15.5 Å². The van der Waals surface area contributed by atoms with E-state index >= 15 is 0 Å². The van der Waals surface area contributed by atoms with Gasteiger partial charge in [-0.25, -0.2) is 13.9 Å². The molecule has 0 aliphatic heterocycles. The van der Waals surface area contributed by atoms with E-state index in [4.69, 9.17) is 0 Å². The van der Waals surface area contributed by atoms with Gasteiger partial charge in [-0.3, -0.25) is 0 Å². The Bertz CT molecular complexity index is 552. The Morgan fingerprint density at radius 2 is 2.11 bits per heavy atom. The van der Waals surface area contributed by atoms with Gasteiger partial charge < -0.3 is 5.11 Å². The smallest absolute Gasteiger partial charge is 0.328 e. The number of rotatable bonds is 4. The van der Waals surface area contributed by atoms with Crippen molar-refractivity contribution in [3.8, 4) is 0 Å². The van der Waals surface area contributed by atoms with Gasteiger partial charge in [-0.05, 0) is 35.0 Å². The summed E-state index contributed by atoms with van der Waals surface area (Å²) in [5, 5.41) is 19.9. The zero-order valence-electron chi connectivity index (χ0n) is 9.62. The van der Waals surface area contributed by atoms with Crippen molar-refractivity contribution in [2.75, 3.05) is 0 Å². The van der Waals surface area contributed by atoms with Crippen LogP contribution < -0.4 is 0 Å². The molecule has 2 rings (SSSR count). The van der Waals surface area contributed by atoms with Crippen LogP contribution in [-0.2, 0) is 11.2 Å². The molecule has 1 aromatic carbocycles. The molecule has 0 aliphatic rings. The van der Waals surface area contributed by atoms with Gasteiger partial charge in [-0.1, -0.05) is 12.1 Å². The zero-order chi connectivity index (χ0) is 13.1. The predicted molar refractivity (Wildman–Crippen MR) is 59.3 cm³/mol. The summed E-state index contributed by atoms with van der Waals surface area (Å²) in [7, 11) is 0. The summed E-state index contributed by atoms with van der Waals surface area (Å²) in [6, 6.07) is 4.78. The summed E-state index contributed by atoms with van der Waals surface area (Å²) in [5.41, 5.74) is 0.707. The fraction of sp³-hybridized carbons (Fsp3) is 0.273.